The molecule has 0 radical (unpaired) electrons. The number of hydrogen-bond donors (Lipinski definition) is 1. The smallest absolute Gasteiger partial charge is 0.322 e. The molecular formula is C24H27N5O2. The number of nitrogens with zero attached hydrogens (tertiary/aromatic N) is 4. The van der Waals surface area contributed by atoms with Crippen molar-refractivity contribution in [3.63, 3.8) is 0 Å². The van der Waals surface area contributed by atoms with Gasteiger partial charge in [-0.2, -0.15) is 4.98 Å². The van der Waals surface area contributed by atoms with E-state index in [0.717, 1.165) is 28.9 Å². The van der Waals surface area contributed by atoms with Gasteiger partial charge in [-0.15, -0.1) is 0 Å². The molecule has 0 atom stereocenters. The minimum atomic E-state index is -0.134. The summed E-state index contributed by atoms with van der Waals surface area (Å²) < 4.78 is 6.02. The number of amides is 2. The number of carbonyl (C=O) groups excluding carboxylic acids is 1. The quantitative estimate of drug-likeness (QED) is 0.662. The van der Waals surface area contributed by atoms with Crippen LogP contribution in [0.3, 0.4) is 0 Å². The van der Waals surface area contributed by atoms with E-state index in [0.29, 0.717) is 31.2 Å². The van der Waals surface area contributed by atoms with Crippen molar-refractivity contribution in [2.45, 2.75) is 46.3 Å². The van der Waals surface area contributed by atoms with E-state index >= 15 is 0 Å². The van der Waals surface area contributed by atoms with Crippen molar-refractivity contribution in [2.75, 3.05) is 11.9 Å². The van der Waals surface area contributed by atoms with E-state index < -0.39 is 0 Å². The highest BCUT2D eigenvalue weighted by Gasteiger charge is 2.27. The highest BCUT2D eigenvalue weighted by molar-refractivity contribution is 5.89. The summed E-state index contributed by atoms with van der Waals surface area (Å²) in [4.78, 5) is 28.3. The van der Waals surface area contributed by atoms with Crippen LogP contribution in [0.5, 0.6) is 5.88 Å². The van der Waals surface area contributed by atoms with Crippen LogP contribution in [0.25, 0.3) is 11.4 Å². The zero-order valence-corrected chi connectivity index (χ0v) is 18.1. The van der Waals surface area contributed by atoms with Crippen LogP contribution in [-0.4, -0.2) is 38.5 Å². The van der Waals surface area contributed by atoms with Gasteiger partial charge in [-0.3, -0.25) is 4.98 Å². The highest BCUT2D eigenvalue weighted by Crippen LogP contribution is 2.29. The molecule has 7 nitrogen and oxygen atoms in total. The number of aryl methyl sites for hydroxylation is 1. The lowest BCUT2D eigenvalue weighted by Crippen LogP contribution is -2.39. The van der Waals surface area contributed by atoms with Crippen LogP contribution in [0.4, 0.5) is 10.5 Å². The van der Waals surface area contributed by atoms with E-state index in [9.17, 15) is 4.79 Å². The summed E-state index contributed by atoms with van der Waals surface area (Å²) in [5, 5.41) is 3.01. The average Bonchev–Trinajstić information content (AvgIpc) is 2.79. The van der Waals surface area contributed by atoms with Crippen molar-refractivity contribution in [3.8, 4) is 17.3 Å². The number of benzene rings is 1. The lowest BCUT2D eigenvalue weighted by atomic mass is 10.1. The first-order valence-electron chi connectivity index (χ1n) is 10.6. The Hall–Kier alpha value is -3.48. The van der Waals surface area contributed by atoms with Crippen LogP contribution >= 0.6 is 0 Å². The third-order valence-corrected chi connectivity index (χ3v) is 5.16. The van der Waals surface area contributed by atoms with Crippen molar-refractivity contribution in [1.29, 1.82) is 0 Å². The van der Waals surface area contributed by atoms with Gasteiger partial charge in [-0.1, -0.05) is 19.1 Å². The Morgan fingerprint density at radius 3 is 2.84 bits per heavy atom. The van der Waals surface area contributed by atoms with Gasteiger partial charge in [0.15, 0.2) is 5.82 Å². The predicted molar refractivity (Wildman–Crippen MR) is 120 cm³/mol. The van der Waals surface area contributed by atoms with Gasteiger partial charge < -0.3 is 15.0 Å². The Bertz CT molecular complexity index is 1070. The molecule has 0 spiro atoms. The average molecular weight is 418 g/mol. The highest BCUT2D eigenvalue weighted by atomic mass is 16.5. The molecule has 0 saturated heterocycles. The number of anilines is 1. The monoisotopic (exact) mass is 417 g/mol. The Labute approximate surface area is 182 Å². The fourth-order valence-corrected chi connectivity index (χ4v) is 3.57. The first kappa shape index (κ1) is 20.8. The number of ether oxygens (including phenoxy) is 1. The number of pyridine rings is 1. The second-order valence-electron chi connectivity index (χ2n) is 7.84. The number of urea groups is 1. The van der Waals surface area contributed by atoms with Gasteiger partial charge >= 0.3 is 6.03 Å². The molecule has 1 aliphatic heterocycles. The second kappa shape index (κ2) is 9.12. The first-order valence-corrected chi connectivity index (χ1v) is 10.6. The lowest BCUT2D eigenvalue weighted by Gasteiger charge is -2.30. The molecule has 7 heteroatoms. The van der Waals surface area contributed by atoms with Crippen molar-refractivity contribution >= 4 is 11.7 Å². The largest absolute Gasteiger partial charge is 0.475 e. The summed E-state index contributed by atoms with van der Waals surface area (Å²) in [6, 6.07) is 11.6. The van der Waals surface area contributed by atoms with E-state index in [2.05, 4.69) is 28.3 Å². The molecule has 0 unspecified atom stereocenters. The minimum Gasteiger partial charge on any atom is -0.475 e. The molecule has 0 aliphatic carbocycles. The standard InChI is InChI=1S/C24H27N5O2/c1-4-17-7-5-9-19(13-17)26-24(30)29-12-10-21-20(15-29)23(31-16(2)3)28-22(27-21)18-8-6-11-25-14-18/h5-9,11,13-14,16H,4,10,12,15H2,1-3H3,(H,26,30). The topological polar surface area (TPSA) is 80.2 Å². The Morgan fingerprint density at radius 1 is 1.23 bits per heavy atom. The number of nitrogens with one attached hydrogen (secondary N) is 1. The van der Waals surface area contributed by atoms with Crippen molar-refractivity contribution in [1.82, 2.24) is 19.9 Å². The van der Waals surface area contributed by atoms with Gasteiger partial charge in [-0.25, -0.2) is 9.78 Å². The van der Waals surface area contributed by atoms with E-state index in [4.69, 9.17) is 9.72 Å². The molecular weight excluding hydrogens is 390 g/mol. The van der Waals surface area contributed by atoms with Crippen molar-refractivity contribution in [2.24, 2.45) is 0 Å². The predicted octanol–water partition coefficient (Wildman–Crippen LogP) is 4.48. The van der Waals surface area contributed by atoms with Gasteiger partial charge in [0.25, 0.3) is 0 Å². The van der Waals surface area contributed by atoms with E-state index in [1.807, 2.05) is 44.2 Å². The summed E-state index contributed by atoms with van der Waals surface area (Å²) >= 11 is 0. The molecule has 0 bridgehead atoms. The van der Waals surface area contributed by atoms with Crippen LogP contribution < -0.4 is 10.1 Å². The molecule has 1 N–H and O–H groups in total. The van der Waals surface area contributed by atoms with Gasteiger partial charge in [0.05, 0.1) is 23.9 Å². The molecule has 1 aliphatic rings. The van der Waals surface area contributed by atoms with Crippen LogP contribution in [0.2, 0.25) is 0 Å². The third-order valence-electron chi connectivity index (χ3n) is 5.16. The zero-order chi connectivity index (χ0) is 21.8. The molecule has 31 heavy (non-hydrogen) atoms. The summed E-state index contributed by atoms with van der Waals surface area (Å²) in [6.07, 6.45) is 4.99. The molecule has 3 aromatic rings. The van der Waals surface area contributed by atoms with Crippen LogP contribution in [0, 0.1) is 0 Å². The molecule has 0 saturated carbocycles. The SMILES string of the molecule is CCc1cccc(NC(=O)N2CCc3nc(-c4cccnc4)nc(OC(C)C)c3C2)c1. The molecule has 0 fully saturated rings. The lowest BCUT2D eigenvalue weighted by molar-refractivity contribution is 0.198. The molecule has 3 heterocycles. The van der Waals surface area contributed by atoms with Gasteiger partial charge in [0.1, 0.15) is 0 Å². The third kappa shape index (κ3) is 4.82. The van der Waals surface area contributed by atoms with Crippen LogP contribution in [0.15, 0.2) is 48.8 Å². The van der Waals surface area contributed by atoms with E-state index in [-0.39, 0.29) is 12.1 Å². The second-order valence-corrected chi connectivity index (χ2v) is 7.84. The number of carbonyl (C=O) groups is 1. The number of aromatic nitrogens is 3. The van der Waals surface area contributed by atoms with Gasteiger partial charge in [-0.05, 0) is 50.1 Å². The van der Waals surface area contributed by atoms with Crippen molar-refractivity contribution < 1.29 is 9.53 Å². The Balaban J connectivity index is 1.59. The Kier molecular flexibility index (Phi) is 6.11. The maximum Gasteiger partial charge on any atom is 0.322 e. The zero-order valence-electron chi connectivity index (χ0n) is 18.1. The summed E-state index contributed by atoms with van der Waals surface area (Å²) in [5.74, 6) is 1.13. The summed E-state index contributed by atoms with van der Waals surface area (Å²) in [5.41, 5.74) is 4.61. The molecule has 160 valence electrons. The van der Waals surface area contributed by atoms with Crippen LogP contribution in [0.1, 0.15) is 37.6 Å². The normalized spacial score (nSPS) is 13.1. The first-order chi connectivity index (χ1) is 15.0. The minimum absolute atomic E-state index is 0.0401. The summed E-state index contributed by atoms with van der Waals surface area (Å²) in [7, 11) is 0. The molecule has 2 amide bonds. The summed E-state index contributed by atoms with van der Waals surface area (Å²) in [6.45, 7) is 7.01. The maximum atomic E-state index is 12.9. The van der Waals surface area contributed by atoms with Gasteiger partial charge in [0, 0.05) is 36.6 Å². The Morgan fingerprint density at radius 2 is 2.10 bits per heavy atom. The van der Waals surface area contributed by atoms with E-state index in [1.54, 1.807) is 17.3 Å². The molecule has 2 aromatic heterocycles. The number of hydrogen-bond acceptors (Lipinski definition) is 5. The van der Waals surface area contributed by atoms with Gasteiger partial charge in [0.2, 0.25) is 5.88 Å². The fraction of sp³-hybridized carbons (Fsp3) is 0.333. The van der Waals surface area contributed by atoms with Crippen molar-refractivity contribution in [3.05, 3.63) is 65.6 Å². The molecule has 1 aromatic carbocycles. The van der Waals surface area contributed by atoms with E-state index in [1.165, 1.54) is 5.56 Å². The number of rotatable bonds is 5. The molecule has 4 rings (SSSR count). The van der Waals surface area contributed by atoms with Crippen LogP contribution in [-0.2, 0) is 19.4 Å². The maximum absolute atomic E-state index is 12.9. The fourth-order valence-electron chi connectivity index (χ4n) is 3.57. The number of fused-ring (bicyclic) bond motifs is 1.